The third-order valence-corrected chi connectivity index (χ3v) is 2.60. The Hall–Kier alpha value is -0.500. The third-order valence-electron chi connectivity index (χ3n) is 2.46. The number of carboxylic acids is 1. The van der Waals surface area contributed by atoms with Crippen LogP contribution in [0, 0.1) is 17.3 Å². The molecule has 0 bridgehead atoms. The summed E-state index contributed by atoms with van der Waals surface area (Å²) in [6.45, 7) is 3.88. The summed E-state index contributed by atoms with van der Waals surface area (Å²) in [5.41, 5.74) is 1.28. The molecule has 1 N–H and O–H groups in total. The summed E-state index contributed by atoms with van der Waals surface area (Å²) in [6, 6.07) is 0. The lowest BCUT2D eigenvalue weighted by atomic mass is 10.1. The molecule has 0 aromatic rings. The molecule has 0 heterocycles. The van der Waals surface area contributed by atoms with Crippen molar-refractivity contribution in [2.75, 3.05) is 0 Å². The largest absolute Gasteiger partial charge is 0.481 e. The van der Waals surface area contributed by atoms with Gasteiger partial charge in [0.25, 0.3) is 0 Å². The first-order chi connectivity index (χ1) is 5.01. The van der Waals surface area contributed by atoms with Crippen molar-refractivity contribution in [1.29, 1.82) is 0 Å². The second kappa shape index (κ2) is 2.52. The van der Waals surface area contributed by atoms with Crippen molar-refractivity contribution in [3.8, 4) is 0 Å². The monoisotopic (exact) mass is 174 g/mol. The van der Waals surface area contributed by atoms with E-state index in [-0.39, 0.29) is 17.3 Å². The number of allylic oxidation sites excluding steroid dienone is 1. The summed E-state index contributed by atoms with van der Waals surface area (Å²) >= 11 is 5.36. The molecule has 1 saturated carbocycles. The molecule has 1 aliphatic rings. The Kier molecular flexibility index (Phi) is 1.97. The second-order valence-corrected chi connectivity index (χ2v) is 3.73. The van der Waals surface area contributed by atoms with Gasteiger partial charge in [-0.1, -0.05) is 31.5 Å². The quantitative estimate of drug-likeness (QED) is 0.696. The van der Waals surface area contributed by atoms with Gasteiger partial charge in [0.2, 0.25) is 0 Å². The molecule has 0 amide bonds. The molecule has 0 radical (unpaired) electrons. The van der Waals surface area contributed by atoms with Gasteiger partial charge in [-0.2, -0.15) is 0 Å². The lowest BCUT2D eigenvalue weighted by molar-refractivity contribution is -0.139. The zero-order chi connectivity index (χ0) is 8.65. The summed E-state index contributed by atoms with van der Waals surface area (Å²) in [4.78, 5) is 10.6. The number of carbonyl (C=O) groups is 1. The highest BCUT2D eigenvalue weighted by molar-refractivity contribution is 6.25. The van der Waals surface area contributed by atoms with Crippen molar-refractivity contribution >= 4 is 17.6 Å². The van der Waals surface area contributed by atoms with Gasteiger partial charge in [0.1, 0.15) is 0 Å². The average molecular weight is 175 g/mol. The molecule has 0 saturated heterocycles. The molecule has 11 heavy (non-hydrogen) atoms. The fourth-order valence-electron chi connectivity index (χ4n) is 1.59. The van der Waals surface area contributed by atoms with Crippen LogP contribution in [0.3, 0.4) is 0 Å². The molecule has 0 spiro atoms. The molecule has 3 heteroatoms. The highest BCUT2D eigenvalue weighted by Gasteiger charge is 2.60. The van der Waals surface area contributed by atoms with E-state index in [1.165, 1.54) is 5.54 Å². The molecule has 2 atom stereocenters. The Labute approximate surface area is 70.9 Å². The number of hydrogen-bond donors (Lipinski definition) is 1. The van der Waals surface area contributed by atoms with Crippen molar-refractivity contribution in [3.63, 3.8) is 0 Å². The summed E-state index contributed by atoms with van der Waals surface area (Å²) in [6.07, 6.45) is 1.75. The Balaban J connectivity index is 2.68. The number of hydrogen-bond acceptors (Lipinski definition) is 1. The number of aliphatic carboxylic acids is 1. The molecule has 0 aromatic carbocycles. The SMILES string of the molecule is CC1(C)[C@H](C(=O)O)[C@@H]1C=CCl. The maximum absolute atomic E-state index is 10.6. The lowest BCUT2D eigenvalue weighted by Crippen LogP contribution is -2.02. The normalized spacial score (nSPS) is 34.1. The van der Waals surface area contributed by atoms with Crippen LogP contribution in [-0.2, 0) is 4.79 Å². The minimum atomic E-state index is -0.727. The molecular weight excluding hydrogens is 164 g/mol. The van der Waals surface area contributed by atoms with Gasteiger partial charge in [-0.25, -0.2) is 0 Å². The average Bonchev–Trinajstić information content (AvgIpc) is 2.35. The summed E-state index contributed by atoms with van der Waals surface area (Å²) in [5, 5.41) is 8.71. The Morgan fingerprint density at radius 1 is 1.64 bits per heavy atom. The predicted octanol–water partition coefficient (Wildman–Crippen LogP) is 2.10. The van der Waals surface area contributed by atoms with Crippen LogP contribution in [0.2, 0.25) is 0 Å². The van der Waals surface area contributed by atoms with Crippen molar-refractivity contribution in [1.82, 2.24) is 0 Å². The second-order valence-electron chi connectivity index (χ2n) is 3.48. The molecule has 0 unspecified atom stereocenters. The maximum Gasteiger partial charge on any atom is 0.307 e. The van der Waals surface area contributed by atoms with Gasteiger partial charge in [0, 0.05) is 5.54 Å². The Bertz CT molecular complexity index is 208. The Morgan fingerprint density at radius 2 is 2.18 bits per heavy atom. The summed E-state index contributed by atoms with van der Waals surface area (Å²) < 4.78 is 0. The van der Waals surface area contributed by atoms with E-state index >= 15 is 0 Å². The molecule has 0 aromatic heterocycles. The minimum Gasteiger partial charge on any atom is -0.481 e. The predicted molar refractivity (Wildman–Crippen MR) is 43.4 cm³/mol. The third kappa shape index (κ3) is 1.27. The molecule has 0 aliphatic heterocycles. The van der Waals surface area contributed by atoms with E-state index in [1.807, 2.05) is 13.8 Å². The van der Waals surface area contributed by atoms with E-state index in [0.717, 1.165) is 0 Å². The van der Waals surface area contributed by atoms with E-state index in [1.54, 1.807) is 6.08 Å². The van der Waals surface area contributed by atoms with Gasteiger partial charge >= 0.3 is 5.97 Å². The van der Waals surface area contributed by atoms with Crippen LogP contribution >= 0.6 is 11.6 Å². The lowest BCUT2D eigenvalue weighted by Gasteiger charge is -1.95. The van der Waals surface area contributed by atoms with Gasteiger partial charge in [-0.05, 0) is 11.3 Å². The fourth-order valence-corrected chi connectivity index (χ4v) is 1.74. The molecule has 62 valence electrons. The maximum atomic E-state index is 10.6. The number of carboxylic acid groups (broad SMARTS) is 1. The molecule has 1 fully saturated rings. The van der Waals surface area contributed by atoms with Crippen LogP contribution < -0.4 is 0 Å². The highest BCUT2D eigenvalue weighted by Crippen LogP contribution is 2.59. The van der Waals surface area contributed by atoms with Crippen molar-refractivity contribution in [3.05, 3.63) is 11.6 Å². The van der Waals surface area contributed by atoms with Crippen LogP contribution in [0.4, 0.5) is 0 Å². The smallest absolute Gasteiger partial charge is 0.307 e. The van der Waals surface area contributed by atoms with Crippen LogP contribution in [0.15, 0.2) is 11.6 Å². The minimum absolute atomic E-state index is 0.109. The van der Waals surface area contributed by atoms with E-state index < -0.39 is 5.97 Å². The van der Waals surface area contributed by atoms with Gasteiger partial charge in [-0.15, -0.1) is 0 Å². The van der Waals surface area contributed by atoms with Crippen LogP contribution in [-0.4, -0.2) is 11.1 Å². The molecular formula is C8H11ClO2. The standard InChI is InChI=1S/C8H11ClO2/c1-8(2)5(3-4-9)6(8)7(10)11/h3-6H,1-2H3,(H,10,11)/t5-,6-/m0/s1. The number of halogens is 1. The Morgan fingerprint density at radius 3 is 2.45 bits per heavy atom. The molecule has 2 nitrogen and oxygen atoms in total. The summed E-state index contributed by atoms with van der Waals surface area (Å²) in [5.74, 6) is -0.871. The molecule has 1 aliphatic carbocycles. The van der Waals surface area contributed by atoms with Gasteiger partial charge in [0.05, 0.1) is 5.92 Å². The van der Waals surface area contributed by atoms with Gasteiger partial charge < -0.3 is 5.11 Å². The van der Waals surface area contributed by atoms with Gasteiger partial charge in [0.15, 0.2) is 0 Å². The topological polar surface area (TPSA) is 37.3 Å². The zero-order valence-electron chi connectivity index (χ0n) is 6.54. The summed E-state index contributed by atoms with van der Waals surface area (Å²) in [7, 11) is 0. The first kappa shape index (κ1) is 8.60. The van der Waals surface area contributed by atoms with Crippen molar-refractivity contribution < 1.29 is 9.90 Å². The van der Waals surface area contributed by atoms with E-state index in [0.29, 0.717) is 0 Å². The molecule has 1 rings (SSSR count). The van der Waals surface area contributed by atoms with Crippen molar-refractivity contribution in [2.24, 2.45) is 17.3 Å². The number of rotatable bonds is 2. The van der Waals surface area contributed by atoms with Crippen LogP contribution in [0.5, 0.6) is 0 Å². The highest BCUT2D eigenvalue weighted by atomic mass is 35.5. The first-order valence-corrected chi connectivity index (χ1v) is 3.95. The zero-order valence-corrected chi connectivity index (χ0v) is 7.30. The van der Waals surface area contributed by atoms with Crippen molar-refractivity contribution in [2.45, 2.75) is 13.8 Å². The van der Waals surface area contributed by atoms with E-state index in [9.17, 15) is 4.79 Å². The van der Waals surface area contributed by atoms with Gasteiger partial charge in [-0.3, -0.25) is 4.79 Å². The first-order valence-electron chi connectivity index (χ1n) is 3.51. The van der Waals surface area contributed by atoms with Crippen LogP contribution in [0.25, 0.3) is 0 Å². The fraction of sp³-hybridized carbons (Fsp3) is 0.625. The van der Waals surface area contributed by atoms with E-state index in [2.05, 4.69) is 0 Å². The van der Waals surface area contributed by atoms with E-state index in [4.69, 9.17) is 16.7 Å². The van der Waals surface area contributed by atoms with Crippen LogP contribution in [0.1, 0.15) is 13.8 Å².